The molecule has 0 N–H and O–H groups in total. The molecule has 2 heterocycles. The Balaban J connectivity index is 1.46. The van der Waals surface area contributed by atoms with Gasteiger partial charge in [-0.1, -0.05) is 19.1 Å². The number of hydrogen-bond donors (Lipinski definition) is 0. The second-order valence-electron chi connectivity index (χ2n) is 9.13. The van der Waals surface area contributed by atoms with Gasteiger partial charge in [-0.25, -0.2) is 4.98 Å². The third-order valence-electron chi connectivity index (χ3n) is 6.87. The molecule has 4 aromatic rings. The molecule has 0 saturated heterocycles. The first kappa shape index (κ1) is 23.4. The topological polar surface area (TPSA) is 50.6 Å². The van der Waals surface area contributed by atoms with Crippen LogP contribution in [0.15, 0.2) is 54.6 Å². The lowest BCUT2D eigenvalue weighted by Crippen LogP contribution is -2.33. The monoisotopic (exact) mass is 486 g/mol. The van der Waals surface area contributed by atoms with Crippen LogP contribution in [0.5, 0.6) is 5.75 Å². The van der Waals surface area contributed by atoms with Gasteiger partial charge >= 0.3 is 0 Å². The predicted molar refractivity (Wildman–Crippen MR) is 145 cm³/mol. The van der Waals surface area contributed by atoms with Gasteiger partial charge in [0.2, 0.25) is 0 Å². The van der Waals surface area contributed by atoms with E-state index in [0.717, 1.165) is 62.5 Å². The fourth-order valence-electron chi connectivity index (χ4n) is 4.72. The molecule has 3 aromatic carbocycles. The second kappa shape index (κ2) is 9.35. The number of aromatic nitrogens is 2. The van der Waals surface area contributed by atoms with Crippen molar-refractivity contribution in [2.75, 3.05) is 24.9 Å². The predicted octanol–water partition coefficient (Wildman–Crippen LogP) is 5.37. The van der Waals surface area contributed by atoms with Crippen LogP contribution in [0, 0.1) is 6.92 Å². The van der Waals surface area contributed by atoms with Crippen molar-refractivity contribution in [1.82, 2.24) is 14.5 Å². The molecule has 1 amide bonds. The summed E-state index contributed by atoms with van der Waals surface area (Å²) in [4.78, 5) is 20.2. The van der Waals surface area contributed by atoms with Crippen LogP contribution in [0.4, 0.5) is 5.69 Å². The largest absolute Gasteiger partial charge is 0.491 e. The Morgan fingerprint density at radius 1 is 1.11 bits per heavy atom. The summed E-state index contributed by atoms with van der Waals surface area (Å²) in [5, 5.41) is 0. The molecule has 0 spiro atoms. The van der Waals surface area contributed by atoms with E-state index in [9.17, 15) is 4.79 Å². The van der Waals surface area contributed by atoms with Crippen LogP contribution in [0.25, 0.3) is 22.2 Å². The number of aryl methyl sites for hydroxylation is 3. The Hall–Kier alpha value is -3.37. The van der Waals surface area contributed by atoms with E-state index < -0.39 is 0 Å². The highest BCUT2D eigenvalue weighted by Crippen LogP contribution is 2.32. The molecule has 35 heavy (non-hydrogen) atoms. The van der Waals surface area contributed by atoms with E-state index in [1.54, 1.807) is 0 Å². The van der Waals surface area contributed by atoms with Crippen molar-refractivity contribution in [3.05, 3.63) is 77.1 Å². The van der Waals surface area contributed by atoms with Crippen LogP contribution in [0.2, 0.25) is 0 Å². The van der Waals surface area contributed by atoms with E-state index in [-0.39, 0.29) is 5.91 Å². The third kappa shape index (κ3) is 4.39. The van der Waals surface area contributed by atoms with E-state index in [1.165, 1.54) is 0 Å². The van der Waals surface area contributed by atoms with Crippen molar-refractivity contribution in [3.8, 4) is 16.9 Å². The van der Waals surface area contributed by atoms with E-state index in [0.29, 0.717) is 19.7 Å². The molecule has 1 aromatic heterocycles. The number of amides is 1. The average Bonchev–Trinajstić information content (AvgIpc) is 3.02. The Bertz CT molecular complexity index is 1430. The maximum atomic E-state index is 13.6. The van der Waals surface area contributed by atoms with Gasteiger partial charge in [0, 0.05) is 37.5 Å². The maximum Gasteiger partial charge on any atom is 0.254 e. The Morgan fingerprint density at radius 2 is 1.89 bits per heavy atom. The van der Waals surface area contributed by atoms with Crippen molar-refractivity contribution in [2.45, 2.75) is 26.8 Å². The van der Waals surface area contributed by atoms with Crippen LogP contribution >= 0.6 is 9.39 Å². The quantitative estimate of drug-likeness (QED) is 0.364. The number of anilines is 1. The highest BCUT2D eigenvalue weighted by atomic mass is 31.0. The molecule has 5 rings (SSSR count). The summed E-state index contributed by atoms with van der Waals surface area (Å²) in [6.45, 7) is 5.65. The number of carbonyl (C=O) groups excluding carboxylic acids is 1. The summed E-state index contributed by atoms with van der Waals surface area (Å²) < 4.78 is 10.1. The molecule has 1 aliphatic rings. The molecule has 0 radical (unpaired) electrons. The Kier molecular flexibility index (Phi) is 6.24. The first-order valence-electron chi connectivity index (χ1n) is 12.0. The van der Waals surface area contributed by atoms with E-state index in [2.05, 4.69) is 62.3 Å². The molecule has 0 saturated carbocycles. The third-order valence-corrected chi connectivity index (χ3v) is 7.17. The zero-order valence-corrected chi connectivity index (χ0v) is 21.9. The average molecular weight is 487 g/mol. The van der Waals surface area contributed by atoms with Gasteiger partial charge in [0.25, 0.3) is 5.91 Å². The molecule has 0 fully saturated rings. The minimum absolute atomic E-state index is 0.0482. The zero-order chi connectivity index (χ0) is 24.7. The normalized spacial score (nSPS) is 13.3. The molecular weight excluding hydrogens is 455 g/mol. The van der Waals surface area contributed by atoms with E-state index >= 15 is 0 Å². The Morgan fingerprint density at radius 3 is 2.66 bits per heavy atom. The van der Waals surface area contributed by atoms with Gasteiger partial charge < -0.3 is 18.9 Å². The summed E-state index contributed by atoms with van der Waals surface area (Å²) in [5.41, 5.74) is 8.20. The van der Waals surface area contributed by atoms with Gasteiger partial charge in [0.05, 0.1) is 17.6 Å². The number of fused-ring (bicyclic) bond motifs is 2. The summed E-state index contributed by atoms with van der Waals surface area (Å²) in [7, 11) is 6.68. The summed E-state index contributed by atoms with van der Waals surface area (Å²) in [6.07, 6.45) is 0.800. The lowest BCUT2D eigenvalue weighted by molar-refractivity contribution is 0.0732. The second-order valence-corrected chi connectivity index (χ2v) is 9.90. The molecule has 1 aliphatic heterocycles. The van der Waals surface area contributed by atoms with Crippen molar-refractivity contribution in [2.24, 2.45) is 7.05 Å². The molecule has 0 bridgehead atoms. The SMILES string of the molecule is CCc1cc(N(C)P)ccc1C(=O)N1CCOc2ccc(-c3ccc4c(c3)nc(C)n4C)cc2C1. The first-order chi connectivity index (χ1) is 16.9. The number of imidazole rings is 1. The van der Waals surface area contributed by atoms with E-state index in [4.69, 9.17) is 4.74 Å². The van der Waals surface area contributed by atoms with Gasteiger partial charge in [-0.2, -0.15) is 0 Å². The Labute approximate surface area is 208 Å². The number of rotatable bonds is 4. The number of hydrogen-bond acceptors (Lipinski definition) is 4. The molecule has 7 heteroatoms. The van der Waals surface area contributed by atoms with Crippen molar-refractivity contribution in [3.63, 3.8) is 0 Å². The number of benzene rings is 3. The highest BCUT2D eigenvalue weighted by Gasteiger charge is 2.23. The van der Waals surface area contributed by atoms with Crippen LogP contribution < -0.4 is 9.41 Å². The van der Waals surface area contributed by atoms with Crippen molar-refractivity contribution < 1.29 is 9.53 Å². The number of carbonyl (C=O) groups is 1. The van der Waals surface area contributed by atoms with Crippen molar-refractivity contribution >= 4 is 32.0 Å². The van der Waals surface area contributed by atoms with Crippen molar-refractivity contribution in [1.29, 1.82) is 0 Å². The van der Waals surface area contributed by atoms with Gasteiger partial charge in [-0.3, -0.25) is 4.79 Å². The van der Waals surface area contributed by atoms with Gasteiger partial charge in [-0.05, 0) is 81.9 Å². The smallest absolute Gasteiger partial charge is 0.254 e. The fraction of sp³-hybridized carbons (Fsp3) is 0.286. The minimum Gasteiger partial charge on any atom is -0.491 e. The summed E-state index contributed by atoms with van der Waals surface area (Å²) >= 11 is 0. The summed E-state index contributed by atoms with van der Waals surface area (Å²) in [5.74, 6) is 1.88. The van der Waals surface area contributed by atoms with Gasteiger partial charge in [0.15, 0.2) is 0 Å². The lowest BCUT2D eigenvalue weighted by Gasteiger charge is -2.22. The maximum absolute atomic E-state index is 13.6. The minimum atomic E-state index is 0.0482. The number of nitrogens with zero attached hydrogens (tertiary/aromatic N) is 4. The fourth-order valence-corrected chi connectivity index (χ4v) is 4.88. The van der Waals surface area contributed by atoms with Crippen LogP contribution in [0.3, 0.4) is 0 Å². The van der Waals surface area contributed by atoms with Gasteiger partial charge in [0.1, 0.15) is 18.2 Å². The highest BCUT2D eigenvalue weighted by molar-refractivity contribution is 7.19. The number of ether oxygens (including phenoxy) is 1. The summed E-state index contributed by atoms with van der Waals surface area (Å²) in [6, 6.07) is 18.7. The molecule has 1 atom stereocenters. The molecule has 1 unspecified atom stereocenters. The molecular formula is C28H31N4O2P. The van der Waals surface area contributed by atoms with Crippen LogP contribution in [-0.2, 0) is 20.0 Å². The standard InChI is InChI=1S/C28H31N4O2P/c1-5-19-15-23(31(4)35)8-9-24(19)28(33)32-12-13-34-27-11-7-20(14-22(27)17-32)21-6-10-26-25(16-21)29-18(2)30(26)3/h6-11,14-16H,5,12-13,17,35H2,1-4H3. The van der Waals surface area contributed by atoms with Crippen LogP contribution in [-0.4, -0.2) is 40.6 Å². The molecule has 180 valence electrons. The van der Waals surface area contributed by atoms with Crippen LogP contribution in [0.1, 0.15) is 34.2 Å². The molecule has 6 nitrogen and oxygen atoms in total. The van der Waals surface area contributed by atoms with Gasteiger partial charge in [-0.15, -0.1) is 0 Å². The van der Waals surface area contributed by atoms with E-state index in [1.807, 2.05) is 48.8 Å². The lowest BCUT2D eigenvalue weighted by atomic mass is 10.0. The first-order valence-corrected chi connectivity index (χ1v) is 12.5. The molecule has 0 aliphatic carbocycles. The zero-order valence-electron chi connectivity index (χ0n) is 20.7.